The highest BCUT2D eigenvalue weighted by Gasteiger charge is 2.60. The van der Waals surface area contributed by atoms with Crippen molar-refractivity contribution < 1.29 is 34.5 Å². The van der Waals surface area contributed by atoms with Crippen molar-refractivity contribution in [1.29, 1.82) is 0 Å². The highest BCUT2D eigenvalue weighted by molar-refractivity contribution is 6.24. The van der Waals surface area contributed by atoms with Crippen LogP contribution < -0.4 is 10.6 Å². The zero-order valence-electron chi connectivity index (χ0n) is 22.7. The van der Waals surface area contributed by atoms with Crippen LogP contribution in [0.15, 0.2) is 30.3 Å². The molecule has 0 bridgehead atoms. The lowest BCUT2D eigenvalue weighted by Gasteiger charge is -2.46. The summed E-state index contributed by atoms with van der Waals surface area (Å²) >= 11 is 0. The van der Waals surface area contributed by atoms with Gasteiger partial charge in [0.25, 0.3) is 0 Å². The highest BCUT2D eigenvalue weighted by atomic mass is 16.3. The molecule has 5 rings (SSSR count). The van der Waals surface area contributed by atoms with Crippen LogP contribution in [-0.4, -0.2) is 69.8 Å². The first-order chi connectivity index (χ1) is 19.0. The van der Waals surface area contributed by atoms with Crippen molar-refractivity contribution in [1.82, 2.24) is 4.90 Å². The number of carbonyl (C=O) groups is 4. The number of nitrogens with two attached hydrogens (primary N) is 1. The molecule has 212 valence electrons. The normalized spacial score (nSPS) is 25.8. The van der Waals surface area contributed by atoms with Gasteiger partial charge >= 0.3 is 0 Å². The van der Waals surface area contributed by atoms with E-state index in [1.165, 1.54) is 11.1 Å². The van der Waals surface area contributed by atoms with Crippen LogP contribution in [0.3, 0.4) is 0 Å². The summed E-state index contributed by atoms with van der Waals surface area (Å²) in [6, 6.07) is 9.99. The maximum atomic E-state index is 14.0. The van der Waals surface area contributed by atoms with E-state index in [2.05, 4.69) is 17.0 Å². The molecule has 1 aliphatic heterocycles. The molecule has 0 spiro atoms. The fourth-order valence-electron chi connectivity index (χ4n) is 6.92. The van der Waals surface area contributed by atoms with Crippen LogP contribution in [0.4, 0.5) is 5.69 Å². The Morgan fingerprint density at radius 3 is 2.38 bits per heavy atom. The summed E-state index contributed by atoms with van der Waals surface area (Å²) in [6.45, 7) is 1.38. The molecule has 1 amide bonds. The average molecular weight is 550 g/mol. The van der Waals surface area contributed by atoms with E-state index in [0.717, 1.165) is 5.69 Å². The third kappa shape index (κ3) is 4.49. The second kappa shape index (κ2) is 10.4. The smallest absolute Gasteiger partial charge is 0.225 e. The zero-order valence-corrected chi connectivity index (χ0v) is 22.7. The third-order valence-corrected chi connectivity index (χ3v) is 8.79. The summed E-state index contributed by atoms with van der Waals surface area (Å²) in [5.41, 5.74) is 6.93. The summed E-state index contributed by atoms with van der Waals surface area (Å²) in [6.07, 6.45) is -0.523. The molecule has 10 heteroatoms. The Morgan fingerprint density at radius 2 is 1.80 bits per heavy atom. The molecule has 2 aromatic carbocycles. The number of fused-ring (bicyclic) bond motifs is 3. The van der Waals surface area contributed by atoms with E-state index < -0.39 is 53.0 Å². The Bertz CT molecular complexity index is 1380. The predicted octanol–water partition coefficient (Wildman–Crippen LogP) is 1.09. The number of aliphatic hydroxyl groups is 2. The molecule has 1 unspecified atom stereocenters. The molecule has 5 N–H and O–H groups in total. The van der Waals surface area contributed by atoms with Crippen LogP contribution in [0.5, 0.6) is 5.75 Å². The van der Waals surface area contributed by atoms with Gasteiger partial charge in [-0.2, -0.15) is 0 Å². The summed E-state index contributed by atoms with van der Waals surface area (Å²) in [4.78, 5) is 56.4. The van der Waals surface area contributed by atoms with E-state index >= 15 is 0 Å². The molecular formula is C30H35N3O7. The highest BCUT2D eigenvalue weighted by Crippen LogP contribution is 2.50. The molecule has 1 heterocycles. The number of rotatable bonds is 8. The number of aliphatic hydroxyl groups excluding tert-OH is 1. The third-order valence-electron chi connectivity index (χ3n) is 8.79. The molecule has 4 atom stereocenters. The molecule has 1 saturated carbocycles. The van der Waals surface area contributed by atoms with E-state index in [9.17, 15) is 34.5 Å². The molecule has 0 aromatic heterocycles. The summed E-state index contributed by atoms with van der Waals surface area (Å²) in [5, 5.41) is 32.5. The van der Waals surface area contributed by atoms with E-state index in [0.29, 0.717) is 30.8 Å². The number of phenolic OH excluding ortho intramolecular Hbond substituents is 1. The number of amides is 1. The van der Waals surface area contributed by atoms with Crippen molar-refractivity contribution in [2.75, 3.05) is 25.6 Å². The van der Waals surface area contributed by atoms with Crippen LogP contribution in [0, 0.1) is 17.8 Å². The second-order valence-corrected chi connectivity index (χ2v) is 11.5. The minimum Gasteiger partial charge on any atom is -0.507 e. The Balaban J connectivity index is 1.54. The van der Waals surface area contributed by atoms with Gasteiger partial charge in [-0.3, -0.25) is 24.1 Å². The van der Waals surface area contributed by atoms with Gasteiger partial charge in [0.2, 0.25) is 5.91 Å². The van der Waals surface area contributed by atoms with Gasteiger partial charge in [0.05, 0.1) is 17.9 Å². The van der Waals surface area contributed by atoms with Gasteiger partial charge in [-0.25, -0.2) is 0 Å². The first kappa shape index (κ1) is 27.9. The monoisotopic (exact) mass is 549 g/mol. The number of aromatic hydroxyl groups is 1. The van der Waals surface area contributed by atoms with Crippen LogP contribution in [0.25, 0.3) is 0 Å². The van der Waals surface area contributed by atoms with Crippen LogP contribution in [-0.2, 0) is 40.4 Å². The molecule has 3 aliphatic rings. The van der Waals surface area contributed by atoms with E-state index in [4.69, 9.17) is 5.73 Å². The molecule has 2 aliphatic carbocycles. The number of phenols is 1. The van der Waals surface area contributed by atoms with E-state index in [1.807, 2.05) is 37.2 Å². The molecule has 40 heavy (non-hydrogen) atoms. The largest absolute Gasteiger partial charge is 0.507 e. The molecule has 0 radical (unpaired) electrons. The Morgan fingerprint density at radius 1 is 1.15 bits per heavy atom. The van der Waals surface area contributed by atoms with Gasteiger partial charge in [-0.05, 0) is 47.9 Å². The summed E-state index contributed by atoms with van der Waals surface area (Å²) < 4.78 is 0. The molecular weight excluding hydrogens is 514 g/mol. The lowest BCUT2D eigenvalue weighted by Crippen LogP contribution is -2.63. The van der Waals surface area contributed by atoms with Crippen LogP contribution >= 0.6 is 0 Å². The quantitative estimate of drug-likeness (QED) is 0.353. The van der Waals surface area contributed by atoms with Crippen molar-refractivity contribution in [3.63, 3.8) is 0 Å². The van der Waals surface area contributed by atoms with Crippen molar-refractivity contribution in [3.05, 3.63) is 58.1 Å². The number of hydrogen-bond acceptors (Lipinski definition) is 9. The van der Waals surface area contributed by atoms with Crippen molar-refractivity contribution >= 4 is 28.9 Å². The lowest BCUT2D eigenvalue weighted by molar-refractivity contribution is -0.167. The van der Waals surface area contributed by atoms with Gasteiger partial charge < -0.3 is 26.0 Å². The number of hydrogen-bond donors (Lipinski definition) is 4. The first-order valence-corrected chi connectivity index (χ1v) is 13.5. The molecule has 0 saturated heterocycles. The van der Waals surface area contributed by atoms with Gasteiger partial charge in [-0.15, -0.1) is 0 Å². The predicted molar refractivity (Wildman–Crippen MR) is 145 cm³/mol. The molecule has 1 fully saturated rings. The summed E-state index contributed by atoms with van der Waals surface area (Å²) in [5.74, 6) is -6.78. The number of ketones is 3. The Kier molecular flexibility index (Phi) is 7.28. The number of carbonyl (C=O) groups excluding carboxylic acids is 4. The van der Waals surface area contributed by atoms with E-state index in [-0.39, 0.29) is 37.2 Å². The fourth-order valence-corrected chi connectivity index (χ4v) is 6.92. The van der Waals surface area contributed by atoms with Crippen molar-refractivity contribution in [3.8, 4) is 5.75 Å². The number of anilines is 1. The number of primary amides is 1. The fraction of sp³-hybridized carbons (Fsp3) is 0.467. The Labute approximate surface area is 232 Å². The maximum absolute atomic E-state index is 14.0. The molecule has 2 aromatic rings. The number of nitrogens with zero attached hydrogens (tertiary/aromatic N) is 2. The second-order valence-electron chi connectivity index (χ2n) is 11.5. The minimum absolute atomic E-state index is 0.0396. The SMILES string of the molecule is CN(C)c1cc(CN2Cc3ccccc3C2)c(O)c2c1C[C@H]1C[C@@H](CCO)[C@@](O)(C(=O)CC(N)=O)C(=O)C1C2=O. The van der Waals surface area contributed by atoms with Gasteiger partial charge in [0.1, 0.15) is 5.75 Å². The van der Waals surface area contributed by atoms with Gasteiger partial charge in [0.15, 0.2) is 23.0 Å². The minimum atomic E-state index is -2.62. The standard InChI is InChI=1S/C30H35N3O7/c1-32(2)22-11-19(15-33-13-16-5-3-4-6-17(16)14-33)27(37)26-21(22)10-18-9-20(7-8-34)30(40,23(35)12-24(31)36)29(39)25(18)28(26)38/h3-6,11,18,20,25,34,37,40H,7-10,12-15H2,1-2H3,(H2,31,36)/t18-,20-,25?,30-/m1/s1. The van der Waals surface area contributed by atoms with Gasteiger partial charge in [-0.1, -0.05) is 24.3 Å². The maximum Gasteiger partial charge on any atom is 0.225 e. The first-order valence-electron chi connectivity index (χ1n) is 13.5. The van der Waals surface area contributed by atoms with Crippen molar-refractivity contribution in [2.24, 2.45) is 23.5 Å². The average Bonchev–Trinajstić information content (AvgIpc) is 3.30. The van der Waals surface area contributed by atoms with Crippen molar-refractivity contribution in [2.45, 2.75) is 50.9 Å². The van der Waals surface area contributed by atoms with Crippen LogP contribution in [0.2, 0.25) is 0 Å². The zero-order chi connectivity index (χ0) is 28.9. The molecule has 10 nitrogen and oxygen atoms in total. The van der Waals surface area contributed by atoms with Crippen LogP contribution in [0.1, 0.15) is 51.9 Å². The number of Topliss-reactive ketones (excluding diaryl/α,β-unsaturated/α-hetero) is 3. The van der Waals surface area contributed by atoms with E-state index in [1.54, 1.807) is 0 Å². The summed E-state index contributed by atoms with van der Waals surface area (Å²) in [7, 11) is 3.70. The topological polar surface area (TPSA) is 161 Å². The van der Waals surface area contributed by atoms with Gasteiger partial charge in [0, 0.05) is 57.5 Å². The Hall–Kier alpha value is -3.60. The lowest BCUT2D eigenvalue weighted by atomic mass is 9.57. The number of benzene rings is 2.